The number of thioether (sulfide) groups is 1. The molecule has 1 aromatic carbocycles. The van der Waals surface area contributed by atoms with Crippen molar-refractivity contribution in [3.63, 3.8) is 0 Å². The van der Waals surface area contributed by atoms with Crippen molar-refractivity contribution in [3.8, 4) is 5.75 Å². The van der Waals surface area contributed by atoms with Crippen LogP contribution in [0.25, 0.3) is 0 Å². The average molecular weight is 355 g/mol. The number of nitrogens with zero attached hydrogens (tertiary/aromatic N) is 3. The minimum Gasteiger partial charge on any atom is -0.495 e. The molecule has 6 nitrogen and oxygen atoms in total. The Morgan fingerprint density at radius 1 is 1.39 bits per heavy atom. The molecule has 1 heterocycles. The third-order valence-corrected chi connectivity index (χ3v) is 4.53. The molecule has 23 heavy (non-hydrogen) atoms. The van der Waals surface area contributed by atoms with Crippen LogP contribution in [0.1, 0.15) is 26.8 Å². The SMILES string of the molecule is COc1ccc(NC(=O)C(C)Sc2nncn2C(C)C)cc1Cl. The van der Waals surface area contributed by atoms with Gasteiger partial charge in [0.25, 0.3) is 0 Å². The zero-order valence-corrected chi connectivity index (χ0v) is 15.0. The molecule has 0 saturated heterocycles. The maximum atomic E-state index is 12.3. The summed E-state index contributed by atoms with van der Waals surface area (Å²) in [4.78, 5) is 12.3. The number of carbonyl (C=O) groups excluding carboxylic acids is 1. The van der Waals surface area contributed by atoms with Gasteiger partial charge in [-0.05, 0) is 39.0 Å². The van der Waals surface area contributed by atoms with Crippen LogP contribution in [0, 0.1) is 0 Å². The lowest BCUT2D eigenvalue weighted by Crippen LogP contribution is -2.23. The minimum absolute atomic E-state index is 0.130. The van der Waals surface area contributed by atoms with Crippen LogP contribution >= 0.6 is 23.4 Å². The van der Waals surface area contributed by atoms with Crippen LogP contribution in [0.2, 0.25) is 5.02 Å². The van der Waals surface area contributed by atoms with Crippen molar-refractivity contribution in [2.45, 2.75) is 37.2 Å². The van der Waals surface area contributed by atoms with Crippen LogP contribution in [-0.2, 0) is 4.79 Å². The highest BCUT2D eigenvalue weighted by Gasteiger charge is 2.19. The predicted molar refractivity (Wildman–Crippen MR) is 92.4 cm³/mol. The number of hydrogen-bond donors (Lipinski definition) is 1. The van der Waals surface area contributed by atoms with E-state index in [1.165, 1.54) is 11.8 Å². The van der Waals surface area contributed by atoms with Crippen LogP contribution < -0.4 is 10.1 Å². The number of aromatic nitrogens is 3. The second-order valence-corrected chi connectivity index (χ2v) is 6.93. The van der Waals surface area contributed by atoms with Gasteiger partial charge in [-0.3, -0.25) is 4.79 Å². The highest BCUT2D eigenvalue weighted by Crippen LogP contribution is 2.28. The van der Waals surface area contributed by atoms with Gasteiger partial charge in [-0.2, -0.15) is 0 Å². The molecule has 0 bridgehead atoms. The Balaban J connectivity index is 2.02. The Kier molecular flexibility index (Phi) is 5.90. The van der Waals surface area contributed by atoms with E-state index in [0.29, 0.717) is 16.5 Å². The van der Waals surface area contributed by atoms with Gasteiger partial charge in [0.05, 0.1) is 17.4 Å². The second-order valence-electron chi connectivity index (χ2n) is 5.21. The second kappa shape index (κ2) is 7.70. The fourth-order valence-corrected chi connectivity index (χ4v) is 3.08. The minimum atomic E-state index is -0.322. The standard InChI is InChI=1S/C15H19ClN4O2S/c1-9(2)20-8-17-19-15(20)23-10(3)14(21)18-11-5-6-13(22-4)12(16)7-11/h5-10H,1-4H3,(H,18,21). The number of rotatable bonds is 6. The molecular formula is C15H19ClN4O2S. The molecule has 1 N–H and O–H groups in total. The lowest BCUT2D eigenvalue weighted by molar-refractivity contribution is -0.115. The van der Waals surface area contributed by atoms with Gasteiger partial charge >= 0.3 is 0 Å². The maximum absolute atomic E-state index is 12.3. The largest absolute Gasteiger partial charge is 0.495 e. The molecule has 0 saturated carbocycles. The summed E-state index contributed by atoms with van der Waals surface area (Å²) in [6, 6.07) is 5.36. The van der Waals surface area contributed by atoms with Crippen molar-refractivity contribution >= 4 is 35.0 Å². The quantitative estimate of drug-likeness (QED) is 0.802. The molecule has 0 radical (unpaired) electrons. The molecule has 1 unspecified atom stereocenters. The van der Waals surface area contributed by atoms with Gasteiger partial charge in [0.1, 0.15) is 12.1 Å². The van der Waals surface area contributed by atoms with Gasteiger partial charge in [0, 0.05) is 11.7 Å². The van der Waals surface area contributed by atoms with E-state index in [4.69, 9.17) is 16.3 Å². The molecule has 124 valence electrons. The van der Waals surface area contributed by atoms with Crippen molar-refractivity contribution in [2.24, 2.45) is 0 Å². The normalized spacial score (nSPS) is 12.3. The summed E-state index contributed by atoms with van der Waals surface area (Å²) < 4.78 is 7.02. The number of benzene rings is 1. The molecule has 2 rings (SSSR count). The summed E-state index contributed by atoms with van der Waals surface area (Å²) in [5.74, 6) is 0.437. The first-order valence-corrected chi connectivity index (χ1v) is 8.38. The smallest absolute Gasteiger partial charge is 0.237 e. The van der Waals surface area contributed by atoms with Gasteiger partial charge in [0.15, 0.2) is 5.16 Å². The molecule has 1 atom stereocenters. The highest BCUT2D eigenvalue weighted by atomic mass is 35.5. The fourth-order valence-electron chi connectivity index (χ4n) is 1.87. The van der Waals surface area contributed by atoms with E-state index in [1.54, 1.807) is 31.6 Å². The number of halogens is 1. The van der Waals surface area contributed by atoms with Crippen molar-refractivity contribution in [2.75, 3.05) is 12.4 Å². The first-order chi connectivity index (χ1) is 10.9. The Labute approximate surface area is 144 Å². The lowest BCUT2D eigenvalue weighted by atomic mass is 10.3. The molecule has 2 aromatic rings. The highest BCUT2D eigenvalue weighted by molar-refractivity contribution is 8.00. The third-order valence-electron chi connectivity index (χ3n) is 3.17. The van der Waals surface area contributed by atoms with Crippen LogP contribution in [0.15, 0.2) is 29.7 Å². The van der Waals surface area contributed by atoms with Crippen molar-refractivity contribution in [3.05, 3.63) is 29.5 Å². The zero-order chi connectivity index (χ0) is 17.0. The van der Waals surface area contributed by atoms with E-state index < -0.39 is 0 Å². The topological polar surface area (TPSA) is 69.0 Å². The van der Waals surface area contributed by atoms with Crippen LogP contribution in [0.3, 0.4) is 0 Å². The lowest BCUT2D eigenvalue weighted by Gasteiger charge is -2.14. The summed E-state index contributed by atoms with van der Waals surface area (Å²) in [7, 11) is 1.54. The van der Waals surface area contributed by atoms with Gasteiger partial charge in [-0.25, -0.2) is 0 Å². The monoisotopic (exact) mass is 354 g/mol. The van der Waals surface area contributed by atoms with E-state index in [2.05, 4.69) is 15.5 Å². The van der Waals surface area contributed by atoms with E-state index >= 15 is 0 Å². The number of hydrogen-bond acceptors (Lipinski definition) is 5. The third kappa shape index (κ3) is 4.39. The molecule has 0 aliphatic carbocycles. The number of nitrogens with one attached hydrogen (secondary N) is 1. The maximum Gasteiger partial charge on any atom is 0.237 e. The van der Waals surface area contributed by atoms with Crippen molar-refractivity contribution in [1.29, 1.82) is 0 Å². The summed E-state index contributed by atoms with van der Waals surface area (Å²) in [6.07, 6.45) is 1.67. The molecular weight excluding hydrogens is 336 g/mol. The average Bonchev–Trinajstić information content (AvgIpc) is 2.95. The number of methoxy groups -OCH3 is 1. The predicted octanol–water partition coefficient (Wildman–Crippen LogP) is 3.64. The molecule has 1 amide bonds. The van der Waals surface area contributed by atoms with Gasteiger partial charge in [-0.1, -0.05) is 23.4 Å². The van der Waals surface area contributed by atoms with Crippen LogP contribution in [0.5, 0.6) is 5.75 Å². The van der Waals surface area contributed by atoms with Crippen LogP contribution in [0.4, 0.5) is 5.69 Å². The van der Waals surface area contributed by atoms with Gasteiger partial charge in [0.2, 0.25) is 5.91 Å². The van der Waals surface area contributed by atoms with E-state index in [9.17, 15) is 4.79 Å². The summed E-state index contributed by atoms with van der Waals surface area (Å²) in [5.41, 5.74) is 0.624. The Morgan fingerprint density at radius 3 is 2.74 bits per heavy atom. The molecule has 0 fully saturated rings. The Morgan fingerprint density at radius 2 is 2.13 bits per heavy atom. The van der Waals surface area contributed by atoms with Crippen molar-refractivity contribution in [1.82, 2.24) is 14.8 Å². The fraction of sp³-hybridized carbons (Fsp3) is 0.400. The molecule has 0 aliphatic heterocycles. The summed E-state index contributed by atoms with van der Waals surface area (Å²) >= 11 is 7.42. The Bertz CT molecular complexity index is 690. The van der Waals surface area contributed by atoms with Gasteiger partial charge in [-0.15, -0.1) is 10.2 Å². The molecule has 0 spiro atoms. The number of ether oxygens (including phenoxy) is 1. The van der Waals surface area contributed by atoms with Crippen molar-refractivity contribution < 1.29 is 9.53 Å². The van der Waals surface area contributed by atoms with Gasteiger partial charge < -0.3 is 14.6 Å². The zero-order valence-electron chi connectivity index (χ0n) is 13.4. The molecule has 1 aromatic heterocycles. The summed E-state index contributed by atoms with van der Waals surface area (Å²) in [5, 5.41) is 11.6. The summed E-state index contributed by atoms with van der Waals surface area (Å²) in [6.45, 7) is 5.90. The first kappa shape index (κ1) is 17.6. The number of carbonyl (C=O) groups is 1. The molecule has 0 aliphatic rings. The molecule has 8 heteroatoms. The van der Waals surface area contributed by atoms with E-state index in [-0.39, 0.29) is 17.2 Å². The van der Waals surface area contributed by atoms with E-state index in [0.717, 1.165) is 5.16 Å². The number of amides is 1. The number of anilines is 1. The Hall–Kier alpha value is -1.73. The first-order valence-electron chi connectivity index (χ1n) is 7.13. The van der Waals surface area contributed by atoms with Crippen LogP contribution in [-0.4, -0.2) is 33.0 Å². The van der Waals surface area contributed by atoms with E-state index in [1.807, 2.05) is 25.3 Å².